The summed E-state index contributed by atoms with van der Waals surface area (Å²) in [5.74, 6) is 0.469. The molecule has 1 amide bonds. The molecule has 0 atom stereocenters. The molecule has 0 radical (unpaired) electrons. The highest BCUT2D eigenvalue weighted by molar-refractivity contribution is 7.99. The van der Waals surface area contributed by atoms with Crippen molar-refractivity contribution in [2.24, 2.45) is 0 Å². The summed E-state index contributed by atoms with van der Waals surface area (Å²) < 4.78 is 1.69. The molecule has 3 aromatic heterocycles. The number of thiophene rings is 2. The predicted molar refractivity (Wildman–Crippen MR) is 109 cm³/mol. The van der Waals surface area contributed by atoms with Crippen LogP contribution in [0.5, 0.6) is 0 Å². The maximum Gasteiger partial charge on any atom is 0.263 e. The van der Waals surface area contributed by atoms with Crippen molar-refractivity contribution >= 4 is 50.6 Å². The van der Waals surface area contributed by atoms with Gasteiger partial charge in [-0.3, -0.25) is 14.2 Å². The molecule has 1 aliphatic heterocycles. The van der Waals surface area contributed by atoms with Crippen molar-refractivity contribution in [1.82, 2.24) is 14.5 Å². The Morgan fingerprint density at radius 2 is 2.12 bits per heavy atom. The molecule has 0 bridgehead atoms. The number of fused-ring (bicyclic) bond motifs is 1. The molecule has 0 N–H and O–H groups in total. The van der Waals surface area contributed by atoms with Crippen LogP contribution in [-0.4, -0.2) is 39.2 Å². The Hall–Kier alpha value is -1.64. The fraction of sp³-hybridized carbons (Fsp3) is 0.389. The minimum Gasteiger partial charge on any atom is -0.342 e. The Morgan fingerprint density at radius 1 is 1.31 bits per heavy atom. The highest BCUT2D eigenvalue weighted by Crippen LogP contribution is 2.34. The molecule has 0 aromatic carbocycles. The van der Waals surface area contributed by atoms with Crippen molar-refractivity contribution in [1.29, 1.82) is 0 Å². The quantitative estimate of drug-likeness (QED) is 0.477. The number of hydrogen-bond acceptors (Lipinski definition) is 6. The van der Waals surface area contributed by atoms with E-state index >= 15 is 0 Å². The second-order valence-corrected chi connectivity index (χ2v) is 8.88. The third kappa shape index (κ3) is 3.21. The molecule has 1 fully saturated rings. The molecular formula is C18H19N3O2S3. The van der Waals surface area contributed by atoms with Gasteiger partial charge >= 0.3 is 0 Å². The van der Waals surface area contributed by atoms with Crippen LogP contribution in [0.4, 0.5) is 0 Å². The summed E-state index contributed by atoms with van der Waals surface area (Å²) >= 11 is 4.49. The molecule has 0 unspecified atom stereocenters. The lowest BCUT2D eigenvalue weighted by molar-refractivity contribution is -0.127. The first kappa shape index (κ1) is 17.8. The van der Waals surface area contributed by atoms with Crippen molar-refractivity contribution in [3.8, 4) is 10.4 Å². The number of thioether (sulfide) groups is 1. The molecule has 26 heavy (non-hydrogen) atoms. The van der Waals surface area contributed by atoms with Gasteiger partial charge in [0.25, 0.3) is 5.56 Å². The Bertz CT molecular complexity index is 985. The highest BCUT2D eigenvalue weighted by Gasteiger charge is 2.21. The first-order valence-corrected chi connectivity index (χ1v) is 11.4. The molecule has 3 aromatic rings. The number of carbonyl (C=O) groups is 1. The van der Waals surface area contributed by atoms with Crippen molar-refractivity contribution in [2.75, 3.05) is 18.8 Å². The normalized spacial score (nSPS) is 14.4. The largest absolute Gasteiger partial charge is 0.342 e. The van der Waals surface area contributed by atoms with Crippen LogP contribution in [0.15, 0.2) is 32.8 Å². The van der Waals surface area contributed by atoms with Crippen molar-refractivity contribution < 1.29 is 4.79 Å². The van der Waals surface area contributed by atoms with Gasteiger partial charge in [0.1, 0.15) is 4.83 Å². The van der Waals surface area contributed by atoms with Crippen LogP contribution in [-0.2, 0) is 11.3 Å². The lowest BCUT2D eigenvalue weighted by Crippen LogP contribution is -2.29. The molecule has 5 nitrogen and oxygen atoms in total. The van der Waals surface area contributed by atoms with E-state index in [2.05, 4.69) is 0 Å². The van der Waals surface area contributed by atoms with Crippen LogP contribution >= 0.6 is 34.4 Å². The maximum atomic E-state index is 13.1. The number of amides is 1. The first-order valence-electron chi connectivity index (χ1n) is 8.65. The molecule has 136 valence electrons. The fourth-order valence-electron chi connectivity index (χ4n) is 3.19. The van der Waals surface area contributed by atoms with Gasteiger partial charge in [-0.2, -0.15) is 0 Å². The molecular weight excluding hydrogens is 386 g/mol. The van der Waals surface area contributed by atoms with Gasteiger partial charge in [-0.15, -0.1) is 22.7 Å². The second-order valence-electron chi connectivity index (χ2n) is 6.13. The Kier molecular flexibility index (Phi) is 5.15. The van der Waals surface area contributed by atoms with E-state index in [9.17, 15) is 9.59 Å². The summed E-state index contributed by atoms with van der Waals surface area (Å²) in [7, 11) is 0. The van der Waals surface area contributed by atoms with Gasteiger partial charge in [-0.05, 0) is 31.2 Å². The SMILES string of the molecule is CCn1c(SCC(=O)N2CCCC2)nc2scc(-c3cccs3)c2c1=O. The third-order valence-electron chi connectivity index (χ3n) is 4.55. The second kappa shape index (κ2) is 7.54. The highest BCUT2D eigenvalue weighted by atomic mass is 32.2. The topological polar surface area (TPSA) is 55.2 Å². The zero-order valence-electron chi connectivity index (χ0n) is 14.4. The molecule has 0 spiro atoms. The van der Waals surface area contributed by atoms with Gasteiger partial charge in [0.05, 0.1) is 11.1 Å². The van der Waals surface area contributed by atoms with Gasteiger partial charge < -0.3 is 4.90 Å². The fourth-order valence-corrected chi connectivity index (χ4v) is 5.96. The van der Waals surface area contributed by atoms with E-state index in [4.69, 9.17) is 4.98 Å². The van der Waals surface area contributed by atoms with Crippen LogP contribution in [0.25, 0.3) is 20.7 Å². The predicted octanol–water partition coefficient (Wildman–Crippen LogP) is 3.92. The van der Waals surface area contributed by atoms with E-state index in [1.54, 1.807) is 15.9 Å². The van der Waals surface area contributed by atoms with Crippen LogP contribution in [0.2, 0.25) is 0 Å². The Labute approximate surface area is 163 Å². The van der Waals surface area contributed by atoms with Crippen LogP contribution in [0, 0.1) is 0 Å². The summed E-state index contributed by atoms with van der Waals surface area (Å²) in [4.78, 5) is 33.9. The van der Waals surface area contributed by atoms with Crippen LogP contribution in [0.1, 0.15) is 19.8 Å². The van der Waals surface area contributed by atoms with Crippen LogP contribution in [0.3, 0.4) is 0 Å². The first-order chi connectivity index (χ1) is 12.7. The molecule has 0 saturated carbocycles. The van der Waals surface area contributed by atoms with E-state index < -0.39 is 0 Å². The van der Waals surface area contributed by atoms with E-state index in [1.165, 1.54) is 23.1 Å². The molecule has 1 aliphatic rings. The lowest BCUT2D eigenvalue weighted by atomic mass is 10.2. The number of likely N-dealkylation sites (tertiary alicyclic amines) is 1. The molecule has 1 saturated heterocycles. The van der Waals surface area contributed by atoms with E-state index in [0.717, 1.165) is 41.2 Å². The number of rotatable bonds is 5. The van der Waals surface area contributed by atoms with Gasteiger partial charge in [-0.1, -0.05) is 17.8 Å². The van der Waals surface area contributed by atoms with Gasteiger partial charge in [0, 0.05) is 35.5 Å². The number of aromatic nitrogens is 2. The maximum absolute atomic E-state index is 13.1. The zero-order valence-corrected chi connectivity index (χ0v) is 16.9. The van der Waals surface area contributed by atoms with E-state index in [1.807, 2.05) is 34.7 Å². The average molecular weight is 406 g/mol. The summed E-state index contributed by atoms with van der Waals surface area (Å²) in [6.45, 7) is 4.18. The van der Waals surface area contributed by atoms with Crippen molar-refractivity contribution in [3.05, 3.63) is 33.2 Å². The molecule has 8 heteroatoms. The zero-order chi connectivity index (χ0) is 18.1. The van der Waals surface area contributed by atoms with Crippen molar-refractivity contribution in [2.45, 2.75) is 31.5 Å². The third-order valence-corrected chi connectivity index (χ3v) is 7.28. The minimum absolute atomic E-state index is 0.0155. The monoisotopic (exact) mass is 405 g/mol. The standard InChI is InChI=1S/C18H19N3O2S3/c1-2-21-17(23)15-12(13-6-5-9-24-13)10-25-16(15)19-18(21)26-11-14(22)20-7-3-4-8-20/h5-6,9-10H,2-4,7-8,11H2,1H3. The van der Waals surface area contributed by atoms with Gasteiger partial charge in [-0.25, -0.2) is 4.98 Å². The number of carbonyl (C=O) groups excluding carboxylic acids is 1. The van der Waals surface area contributed by atoms with Crippen molar-refractivity contribution in [3.63, 3.8) is 0 Å². The lowest BCUT2D eigenvalue weighted by Gasteiger charge is -2.15. The number of nitrogens with zero attached hydrogens (tertiary/aromatic N) is 3. The van der Waals surface area contributed by atoms with Gasteiger partial charge in [0.15, 0.2) is 5.16 Å². The Morgan fingerprint density at radius 3 is 2.81 bits per heavy atom. The van der Waals surface area contributed by atoms with Crippen LogP contribution < -0.4 is 5.56 Å². The minimum atomic E-state index is -0.0155. The molecule has 4 heterocycles. The summed E-state index contributed by atoms with van der Waals surface area (Å²) in [5.41, 5.74) is 0.947. The molecule has 0 aliphatic carbocycles. The summed E-state index contributed by atoms with van der Waals surface area (Å²) in [6, 6.07) is 4.02. The average Bonchev–Trinajstić information content (AvgIpc) is 3.40. The van der Waals surface area contributed by atoms with E-state index in [0.29, 0.717) is 22.8 Å². The summed E-state index contributed by atoms with van der Waals surface area (Å²) in [5, 5.41) is 5.35. The Balaban J connectivity index is 1.67. The van der Waals surface area contributed by atoms with E-state index in [-0.39, 0.29) is 11.5 Å². The summed E-state index contributed by atoms with van der Waals surface area (Å²) in [6.07, 6.45) is 2.17. The molecule has 4 rings (SSSR count). The number of hydrogen-bond donors (Lipinski definition) is 0. The van der Waals surface area contributed by atoms with Gasteiger partial charge in [0.2, 0.25) is 5.91 Å². The smallest absolute Gasteiger partial charge is 0.263 e.